The van der Waals surface area contributed by atoms with E-state index in [9.17, 15) is 14.7 Å². The summed E-state index contributed by atoms with van der Waals surface area (Å²) >= 11 is 0. The summed E-state index contributed by atoms with van der Waals surface area (Å²) in [5.74, 6) is -0.418. The zero-order chi connectivity index (χ0) is 39.3. The van der Waals surface area contributed by atoms with Crippen LogP contribution >= 0.6 is 0 Å². The van der Waals surface area contributed by atoms with Crippen LogP contribution in [-0.4, -0.2) is 60.9 Å². The van der Waals surface area contributed by atoms with Gasteiger partial charge in [0, 0.05) is 30.1 Å². The average molecular weight is 758 g/mol. The Morgan fingerprint density at radius 1 is 0.745 bits per heavy atom. The Kier molecular flexibility index (Phi) is 19.7. The first kappa shape index (κ1) is 44.0. The Hall–Kier alpha value is -3.76. The van der Waals surface area contributed by atoms with Crippen LogP contribution in [0.25, 0.3) is 0 Å². The van der Waals surface area contributed by atoms with Gasteiger partial charge in [-0.3, -0.25) is 0 Å². The van der Waals surface area contributed by atoms with Crippen LogP contribution in [0.1, 0.15) is 132 Å². The number of ether oxygens (including phenoxy) is 3. The second-order valence-electron chi connectivity index (χ2n) is 15.1. The largest absolute Gasteiger partial charge is 0.467 e. The smallest absolute Gasteiger partial charge is 0.328 e. The highest BCUT2D eigenvalue weighted by atomic mass is 16.7. The summed E-state index contributed by atoms with van der Waals surface area (Å²) < 4.78 is 18.5. The predicted molar refractivity (Wildman–Crippen MR) is 221 cm³/mol. The second kappa shape index (κ2) is 24.7. The summed E-state index contributed by atoms with van der Waals surface area (Å²) in [6, 6.07) is 23.7. The molecule has 3 aromatic rings. The summed E-state index contributed by atoms with van der Waals surface area (Å²) in [5, 5.41) is 15.3. The average Bonchev–Trinajstić information content (AvgIpc) is 3.21. The molecular weight excluding hydrogens is 691 g/mol. The minimum atomic E-state index is -0.834. The molecule has 3 N–H and O–H groups in total. The van der Waals surface area contributed by atoms with Crippen molar-refractivity contribution >= 4 is 17.7 Å². The molecule has 9 heteroatoms. The Balaban J connectivity index is 1.47. The molecule has 0 aliphatic carbocycles. The zero-order valence-electron chi connectivity index (χ0n) is 33.8. The van der Waals surface area contributed by atoms with Crippen LogP contribution in [0, 0.1) is 5.92 Å². The molecule has 1 aliphatic heterocycles. The van der Waals surface area contributed by atoms with Gasteiger partial charge in [-0.2, -0.15) is 0 Å². The van der Waals surface area contributed by atoms with Gasteiger partial charge >= 0.3 is 12.0 Å². The van der Waals surface area contributed by atoms with E-state index in [2.05, 4.69) is 48.4 Å². The Morgan fingerprint density at radius 3 is 1.91 bits per heavy atom. The van der Waals surface area contributed by atoms with Gasteiger partial charge in [-0.25, -0.2) is 9.59 Å². The van der Waals surface area contributed by atoms with E-state index in [-0.39, 0.29) is 24.7 Å². The van der Waals surface area contributed by atoms with Gasteiger partial charge in [-0.05, 0) is 54.8 Å². The molecule has 302 valence electrons. The molecular formula is C46H67N3O6. The van der Waals surface area contributed by atoms with E-state index in [0.29, 0.717) is 12.1 Å². The molecule has 9 nitrogen and oxygen atoms in total. The summed E-state index contributed by atoms with van der Waals surface area (Å²) in [4.78, 5) is 28.1. The van der Waals surface area contributed by atoms with E-state index in [1.165, 1.54) is 84.2 Å². The number of rotatable bonds is 24. The molecule has 1 heterocycles. The number of benzene rings is 3. The fraction of sp³-hybridized carbons (Fsp3) is 0.565. The summed E-state index contributed by atoms with van der Waals surface area (Å²) in [6.07, 6.45) is 14.7. The van der Waals surface area contributed by atoms with Crippen LogP contribution < -0.4 is 10.6 Å². The molecule has 3 aromatic carbocycles. The van der Waals surface area contributed by atoms with Crippen molar-refractivity contribution in [3.63, 3.8) is 0 Å². The molecule has 0 radical (unpaired) electrons. The topological polar surface area (TPSA) is 109 Å². The third kappa shape index (κ3) is 15.0. The second-order valence-corrected chi connectivity index (χ2v) is 15.1. The van der Waals surface area contributed by atoms with Crippen LogP contribution in [0.5, 0.6) is 0 Å². The number of hydrogen-bond acceptors (Lipinski definition) is 7. The number of amides is 2. The molecule has 1 saturated heterocycles. The van der Waals surface area contributed by atoms with Crippen molar-refractivity contribution in [2.45, 2.75) is 135 Å². The normalized spacial score (nSPS) is 18.9. The molecule has 1 aliphatic rings. The standard InChI is InChI=1S/C46H67N3O6/c1-5-7-9-11-13-18-30-49(31-19-14-12-10-8-6-2)33-42-35(3)43(38-24-22-37(34-50)23-25-38)55-45(54-42)39-26-28-40(29-27-39)47-46(52)48-41(44(51)53-4)32-36-20-16-15-17-21-36/h15-17,20-29,35,41-43,45,50H,5-14,18-19,30-34H2,1-4H3,(H2,47,48,52)/t35-,41+,42+,43+,45+/m1/s1. The van der Waals surface area contributed by atoms with Crippen LogP contribution in [0.4, 0.5) is 10.5 Å². The number of aliphatic hydroxyl groups is 1. The Labute approximate surface area is 330 Å². The van der Waals surface area contributed by atoms with Crippen molar-refractivity contribution in [2.24, 2.45) is 5.92 Å². The van der Waals surface area contributed by atoms with Gasteiger partial charge in [0.1, 0.15) is 6.04 Å². The first-order valence-electron chi connectivity index (χ1n) is 20.9. The predicted octanol–water partition coefficient (Wildman–Crippen LogP) is 9.90. The number of nitrogens with zero attached hydrogens (tertiary/aromatic N) is 1. The van der Waals surface area contributed by atoms with Gasteiger partial charge in [0.05, 0.1) is 25.9 Å². The van der Waals surface area contributed by atoms with Crippen molar-refractivity contribution in [1.29, 1.82) is 0 Å². The number of urea groups is 1. The third-order valence-electron chi connectivity index (χ3n) is 10.7. The number of carbonyl (C=O) groups is 2. The quantitative estimate of drug-likeness (QED) is 0.0617. The van der Waals surface area contributed by atoms with Crippen molar-refractivity contribution < 1.29 is 28.9 Å². The van der Waals surface area contributed by atoms with Gasteiger partial charge in [-0.15, -0.1) is 0 Å². The fourth-order valence-corrected chi connectivity index (χ4v) is 7.34. The lowest BCUT2D eigenvalue weighted by Crippen LogP contribution is -2.45. The Morgan fingerprint density at radius 2 is 1.33 bits per heavy atom. The van der Waals surface area contributed by atoms with E-state index in [1.54, 1.807) is 0 Å². The number of esters is 1. The van der Waals surface area contributed by atoms with Crippen LogP contribution in [0.2, 0.25) is 0 Å². The summed E-state index contributed by atoms with van der Waals surface area (Å²) in [7, 11) is 1.32. The SMILES string of the molecule is CCCCCCCCN(CCCCCCCC)C[C@@H]1O[C@H](c2ccc(NC(=O)N[C@@H](Cc3ccccc3)C(=O)OC)cc2)O[C@H](c2ccc(CO)cc2)[C@@H]1C. The maximum absolute atomic E-state index is 13.0. The lowest BCUT2D eigenvalue weighted by molar-refractivity contribution is -0.276. The first-order chi connectivity index (χ1) is 26.8. The molecule has 5 atom stereocenters. The van der Waals surface area contributed by atoms with Crippen molar-refractivity contribution in [3.8, 4) is 0 Å². The number of nitrogens with one attached hydrogen (secondary N) is 2. The van der Waals surface area contributed by atoms with Gasteiger partial charge in [0.25, 0.3) is 0 Å². The van der Waals surface area contributed by atoms with Crippen molar-refractivity contribution in [2.75, 3.05) is 32.1 Å². The minimum Gasteiger partial charge on any atom is -0.467 e. The number of carbonyl (C=O) groups excluding carboxylic acids is 2. The number of hydrogen-bond donors (Lipinski definition) is 3. The lowest BCUT2D eigenvalue weighted by Gasteiger charge is -2.43. The number of unbranched alkanes of at least 4 members (excludes halogenated alkanes) is 10. The number of anilines is 1. The van der Waals surface area contributed by atoms with Gasteiger partial charge in [0.2, 0.25) is 0 Å². The maximum Gasteiger partial charge on any atom is 0.328 e. The minimum absolute atomic E-state index is 0.00362. The van der Waals surface area contributed by atoms with Gasteiger partial charge < -0.3 is 34.9 Å². The lowest BCUT2D eigenvalue weighted by atomic mass is 9.90. The molecule has 2 amide bonds. The highest BCUT2D eigenvalue weighted by Crippen LogP contribution is 2.42. The van der Waals surface area contributed by atoms with E-state index >= 15 is 0 Å². The summed E-state index contributed by atoms with van der Waals surface area (Å²) in [6.45, 7) is 9.72. The Bertz CT molecular complexity index is 1490. The highest BCUT2D eigenvalue weighted by Gasteiger charge is 2.39. The fourth-order valence-electron chi connectivity index (χ4n) is 7.34. The maximum atomic E-state index is 13.0. The first-order valence-corrected chi connectivity index (χ1v) is 20.9. The highest BCUT2D eigenvalue weighted by molar-refractivity contribution is 5.92. The molecule has 0 spiro atoms. The molecule has 0 aromatic heterocycles. The molecule has 4 rings (SSSR count). The number of methoxy groups -OCH3 is 1. The molecule has 1 fully saturated rings. The van der Waals surface area contributed by atoms with Crippen LogP contribution in [0.15, 0.2) is 78.9 Å². The molecule has 55 heavy (non-hydrogen) atoms. The van der Waals surface area contributed by atoms with Crippen LogP contribution in [-0.2, 0) is 32.0 Å². The van der Waals surface area contributed by atoms with Crippen molar-refractivity contribution in [1.82, 2.24) is 10.2 Å². The molecule has 0 saturated carbocycles. The summed E-state index contributed by atoms with van der Waals surface area (Å²) in [5.41, 5.74) is 4.27. The van der Waals surface area contributed by atoms with Gasteiger partial charge in [0.15, 0.2) is 6.29 Å². The number of aliphatic hydroxyl groups excluding tert-OH is 1. The van der Waals surface area contributed by atoms with E-state index in [1.807, 2.05) is 66.7 Å². The monoisotopic (exact) mass is 758 g/mol. The van der Waals surface area contributed by atoms with E-state index in [4.69, 9.17) is 14.2 Å². The van der Waals surface area contributed by atoms with Crippen LogP contribution in [0.3, 0.4) is 0 Å². The zero-order valence-corrected chi connectivity index (χ0v) is 33.8. The molecule has 0 unspecified atom stereocenters. The van der Waals surface area contributed by atoms with E-state index < -0.39 is 24.3 Å². The molecule has 0 bridgehead atoms. The third-order valence-corrected chi connectivity index (χ3v) is 10.7. The van der Waals surface area contributed by atoms with E-state index in [0.717, 1.165) is 41.9 Å². The van der Waals surface area contributed by atoms with Gasteiger partial charge in [-0.1, -0.05) is 152 Å². The van der Waals surface area contributed by atoms with Crippen molar-refractivity contribution in [3.05, 3.63) is 101 Å².